The summed E-state index contributed by atoms with van der Waals surface area (Å²) >= 11 is 3.80. The summed E-state index contributed by atoms with van der Waals surface area (Å²) in [5.41, 5.74) is 2.76. The number of rotatable bonds is 10. The van der Waals surface area contributed by atoms with E-state index in [2.05, 4.69) is 67.1 Å². The molecule has 2 atom stereocenters. The minimum atomic E-state index is 0.473. The third-order valence-electron chi connectivity index (χ3n) is 4.35. The van der Waals surface area contributed by atoms with Crippen molar-refractivity contribution in [1.82, 2.24) is 5.32 Å². The minimum Gasteiger partial charge on any atom is -0.310 e. The lowest BCUT2D eigenvalue weighted by Gasteiger charge is -2.26. The first-order valence-corrected chi connectivity index (χ1v) is 9.41. The molecule has 0 fully saturated rings. The molecule has 0 saturated carbocycles. The zero-order chi connectivity index (χ0) is 15.7. The van der Waals surface area contributed by atoms with Crippen LogP contribution in [0.15, 0.2) is 22.7 Å². The Kier molecular flexibility index (Phi) is 9.26. The molecule has 0 spiro atoms. The molecule has 1 aromatic rings. The van der Waals surface area contributed by atoms with Gasteiger partial charge in [0.05, 0.1) is 0 Å². The average Bonchev–Trinajstić information content (AvgIpc) is 2.50. The van der Waals surface area contributed by atoms with Gasteiger partial charge in [-0.25, -0.2) is 0 Å². The van der Waals surface area contributed by atoms with Crippen molar-refractivity contribution in [3.63, 3.8) is 0 Å². The van der Waals surface area contributed by atoms with Gasteiger partial charge in [-0.15, -0.1) is 0 Å². The highest BCUT2D eigenvalue weighted by atomic mass is 79.9. The molecule has 0 aliphatic carbocycles. The molecule has 1 nitrogen and oxygen atoms in total. The minimum absolute atomic E-state index is 0.473. The van der Waals surface area contributed by atoms with Crippen LogP contribution in [0.5, 0.6) is 0 Å². The molecule has 0 saturated heterocycles. The lowest BCUT2D eigenvalue weighted by atomic mass is 9.88. The number of hydrogen-bond donors (Lipinski definition) is 1. The van der Waals surface area contributed by atoms with Gasteiger partial charge in [-0.1, -0.05) is 80.6 Å². The normalized spacial score (nSPS) is 14.1. The van der Waals surface area contributed by atoms with Crippen molar-refractivity contribution in [2.24, 2.45) is 5.92 Å². The predicted octanol–water partition coefficient (Wildman–Crippen LogP) is 6.40. The monoisotopic (exact) mass is 353 g/mol. The van der Waals surface area contributed by atoms with E-state index < -0.39 is 0 Å². The topological polar surface area (TPSA) is 12.0 Å². The molecular formula is C19H32BrN. The van der Waals surface area contributed by atoms with Crippen LogP contribution in [0.25, 0.3) is 0 Å². The van der Waals surface area contributed by atoms with Crippen molar-refractivity contribution >= 4 is 15.9 Å². The van der Waals surface area contributed by atoms with Crippen LogP contribution in [0.2, 0.25) is 0 Å². The Labute approximate surface area is 140 Å². The highest BCUT2D eigenvalue weighted by molar-refractivity contribution is 9.10. The van der Waals surface area contributed by atoms with Crippen LogP contribution >= 0.6 is 15.9 Å². The molecule has 0 amide bonds. The van der Waals surface area contributed by atoms with Crippen LogP contribution in [0.3, 0.4) is 0 Å². The van der Waals surface area contributed by atoms with Gasteiger partial charge in [0, 0.05) is 10.5 Å². The van der Waals surface area contributed by atoms with E-state index in [9.17, 15) is 0 Å². The van der Waals surface area contributed by atoms with Crippen molar-refractivity contribution in [2.45, 2.75) is 72.3 Å². The maximum Gasteiger partial charge on any atom is 0.0334 e. The highest BCUT2D eigenvalue weighted by Crippen LogP contribution is 2.32. The smallest absolute Gasteiger partial charge is 0.0334 e. The second-order valence-corrected chi connectivity index (χ2v) is 6.93. The van der Waals surface area contributed by atoms with Crippen molar-refractivity contribution in [2.75, 3.05) is 6.54 Å². The fourth-order valence-electron chi connectivity index (χ4n) is 2.89. The quantitative estimate of drug-likeness (QED) is 0.512. The molecule has 1 aromatic carbocycles. The standard InChI is InChI=1S/C19H32BrN/c1-5-8-11-16(7-3)14-18(21-13-6-2)17-12-9-10-15(4)19(17)20/h9-10,12,16,18,21H,5-8,11,13-14H2,1-4H3. The molecule has 2 heteroatoms. The summed E-state index contributed by atoms with van der Waals surface area (Å²) in [6, 6.07) is 7.11. The van der Waals surface area contributed by atoms with Gasteiger partial charge in [-0.05, 0) is 43.4 Å². The maximum absolute atomic E-state index is 3.80. The zero-order valence-corrected chi connectivity index (χ0v) is 15.8. The Hall–Kier alpha value is -0.340. The Balaban J connectivity index is 2.85. The summed E-state index contributed by atoms with van der Waals surface area (Å²) in [7, 11) is 0. The van der Waals surface area contributed by atoms with E-state index in [1.165, 1.54) is 54.1 Å². The van der Waals surface area contributed by atoms with Gasteiger partial charge in [-0.2, -0.15) is 0 Å². The van der Waals surface area contributed by atoms with Crippen molar-refractivity contribution < 1.29 is 0 Å². The second kappa shape index (κ2) is 10.4. The molecule has 0 aliphatic heterocycles. The van der Waals surface area contributed by atoms with Gasteiger partial charge < -0.3 is 5.32 Å². The molecular weight excluding hydrogens is 322 g/mol. The van der Waals surface area contributed by atoms with Gasteiger partial charge in [0.2, 0.25) is 0 Å². The third kappa shape index (κ3) is 6.12. The predicted molar refractivity (Wildman–Crippen MR) is 97.8 cm³/mol. The van der Waals surface area contributed by atoms with E-state index >= 15 is 0 Å². The van der Waals surface area contributed by atoms with Crippen molar-refractivity contribution in [3.05, 3.63) is 33.8 Å². The maximum atomic E-state index is 3.80. The number of hydrogen-bond acceptors (Lipinski definition) is 1. The zero-order valence-electron chi connectivity index (χ0n) is 14.2. The van der Waals surface area contributed by atoms with Crippen LogP contribution in [0.4, 0.5) is 0 Å². The molecule has 0 aliphatic rings. The number of nitrogens with one attached hydrogen (secondary N) is 1. The summed E-state index contributed by atoms with van der Waals surface area (Å²) < 4.78 is 1.28. The Morgan fingerprint density at radius 1 is 1.14 bits per heavy atom. The number of halogens is 1. The molecule has 2 unspecified atom stereocenters. The lowest BCUT2D eigenvalue weighted by molar-refractivity contribution is 0.353. The number of benzene rings is 1. The summed E-state index contributed by atoms with van der Waals surface area (Å²) in [5, 5.41) is 3.76. The van der Waals surface area contributed by atoms with E-state index in [-0.39, 0.29) is 0 Å². The first-order chi connectivity index (χ1) is 10.1. The van der Waals surface area contributed by atoms with Crippen LogP contribution in [0, 0.1) is 12.8 Å². The van der Waals surface area contributed by atoms with E-state index in [0.29, 0.717) is 6.04 Å². The summed E-state index contributed by atoms with van der Waals surface area (Å²) in [6.07, 6.45) is 7.74. The summed E-state index contributed by atoms with van der Waals surface area (Å²) in [6.45, 7) is 10.1. The van der Waals surface area contributed by atoms with Crippen LogP contribution < -0.4 is 5.32 Å². The first kappa shape index (κ1) is 18.7. The fourth-order valence-corrected chi connectivity index (χ4v) is 3.43. The molecule has 1 rings (SSSR count). The molecule has 21 heavy (non-hydrogen) atoms. The molecule has 0 radical (unpaired) electrons. The summed E-state index contributed by atoms with van der Waals surface area (Å²) in [5.74, 6) is 0.826. The Morgan fingerprint density at radius 2 is 1.90 bits per heavy atom. The molecule has 0 heterocycles. The molecule has 0 bridgehead atoms. The van der Waals surface area contributed by atoms with Gasteiger partial charge in [0.25, 0.3) is 0 Å². The second-order valence-electron chi connectivity index (χ2n) is 6.14. The van der Waals surface area contributed by atoms with Crippen LogP contribution in [-0.4, -0.2) is 6.54 Å². The third-order valence-corrected chi connectivity index (χ3v) is 5.43. The first-order valence-electron chi connectivity index (χ1n) is 8.62. The Morgan fingerprint density at radius 3 is 2.52 bits per heavy atom. The molecule has 1 N–H and O–H groups in total. The van der Waals surface area contributed by atoms with E-state index in [4.69, 9.17) is 0 Å². The van der Waals surface area contributed by atoms with Gasteiger partial charge in [0.15, 0.2) is 0 Å². The largest absolute Gasteiger partial charge is 0.310 e. The van der Waals surface area contributed by atoms with Crippen LogP contribution in [0.1, 0.15) is 76.5 Å². The number of unbranched alkanes of at least 4 members (excludes halogenated alkanes) is 1. The van der Waals surface area contributed by atoms with Crippen molar-refractivity contribution in [1.29, 1.82) is 0 Å². The van der Waals surface area contributed by atoms with Crippen molar-refractivity contribution in [3.8, 4) is 0 Å². The summed E-state index contributed by atoms with van der Waals surface area (Å²) in [4.78, 5) is 0. The van der Waals surface area contributed by atoms with Gasteiger partial charge in [-0.3, -0.25) is 0 Å². The molecule has 0 aromatic heterocycles. The molecule has 120 valence electrons. The van der Waals surface area contributed by atoms with Crippen LogP contribution in [-0.2, 0) is 0 Å². The van der Waals surface area contributed by atoms with Gasteiger partial charge in [0.1, 0.15) is 0 Å². The lowest BCUT2D eigenvalue weighted by Crippen LogP contribution is -2.25. The number of aryl methyl sites for hydroxylation is 1. The SMILES string of the molecule is CCCCC(CC)CC(NCCC)c1cccc(C)c1Br. The van der Waals surface area contributed by atoms with E-state index in [1.54, 1.807) is 0 Å². The highest BCUT2D eigenvalue weighted by Gasteiger charge is 2.19. The van der Waals surface area contributed by atoms with E-state index in [1.807, 2.05) is 0 Å². The van der Waals surface area contributed by atoms with Gasteiger partial charge >= 0.3 is 0 Å². The fraction of sp³-hybridized carbons (Fsp3) is 0.684. The average molecular weight is 354 g/mol. The van der Waals surface area contributed by atoms with E-state index in [0.717, 1.165) is 12.5 Å². The Bertz CT molecular complexity index is 403.